The van der Waals surface area contributed by atoms with Crippen LogP contribution >= 0.6 is 0 Å². The zero-order chi connectivity index (χ0) is 8.27. The van der Waals surface area contributed by atoms with Gasteiger partial charge in [-0.1, -0.05) is 6.08 Å². The largest absolute Gasteiger partial charge is 0.321 e. The molecule has 2 nitrogen and oxygen atoms in total. The van der Waals surface area contributed by atoms with Crippen LogP contribution in [0.5, 0.6) is 0 Å². The molecule has 0 fully saturated rings. The molecule has 0 aliphatic carbocycles. The standard InChI is InChI=1S/C9H12N2/c1-3-9(10)8-6-11-5-4-7(8)2/h3-6,9H,1,10H2,2H3/t9-/m1/s1. The molecule has 0 aliphatic rings. The Morgan fingerprint density at radius 2 is 2.45 bits per heavy atom. The van der Waals surface area contributed by atoms with E-state index in [9.17, 15) is 0 Å². The summed E-state index contributed by atoms with van der Waals surface area (Å²) in [5, 5.41) is 0. The molecule has 1 heterocycles. The van der Waals surface area contributed by atoms with Crippen LogP contribution in [0, 0.1) is 6.92 Å². The molecule has 0 saturated carbocycles. The molecule has 0 aromatic carbocycles. The van der Waals surface area contributed by atoms with Gasteiger partial charge in [-0.2, -0.15) is 0 Å². The Labute approximate surface area is 66.8 Å². The first-order chi connectivity index (χ1) is 5.25. The summed E-state index contributed by atoms with van der Waals surface area (Å²) in [5.41, 5.74) is 7.94. The highest BCUT2D eigenvalue weighted by Gasteiger charge is 2.02. The summed E-state index contributed by atoms with van der Waals surface area (Å²) >= 11 is 0. The Hall–Kier alpha value is -1.15. The monoisotopic (exact) mass is 148 g/mol. The summed E-state index contributed by atoms with van der Waals surface area (Å²) in [6, 6.07) is 1.85. The first kappa shape index (κ1) is 7.95. The van der Waals surface area contributed by atoms with Gasteiger partial charge in [0.05, 0.1) is 0 Å². The second kappa shape index (κ2) is 3.30. The van der Waals surface area contributed by atoms with Gasteiger partial charge >= 0.3 is 0 Å². The first-order valence-corrected chi connectivity index (χ1v) is 3.54. The van der Waals surface area contributed by atoms with Crippen molar-refractivity contribution in [3.63, 3.8) is 0 Å². The van der Waals surface area contributed by atoms with Crippen molar-refractivity contribution >= 4 is 0 Å². The van der Waals surface area contributed by atoms with Gasteiger partial charge in [-0.05, 0) is 24.1 Å². The number of nitrogens with zero attached hydrogens (tertiary/aromatic N) is 1. The maximum atomic E-state index is 5.74. The van der Waals surface area contributed by atoms with Crippen molar-refractivity contribution in [3.05, 3.63) is 42.2 Å². The third-order valence-corrected chi connectivity index (χ3v) is 1.69. The third kappa shape index (κ3) is 1.65. The summed E-state index contributed by atoms with van der Waals surface area (Å²) in [7, 11) is 0. The lowest BCUT2D eigenvalue weighted by Gasteiger charge is -2.08. The molecule has 1 aromatic rings. The quantitative estimate of drug-likeness (QED) is 0.646. The normalized spacial score (nSPS) is 12.5. The van der Waals surface area contributed by atoms with Crippen LogP contribution in [0.25, 0.3) is 0 Å². The number of aryl methyl sites for hydroxylation is 1. The second-order valence-corrected chi connectivity index (χ2v) is 2.49. The maximum Gasteiger partial charge on any atom is 0.0496 e. The summed E-state index contributed by atoms with van der Waals surface area (Å²) in [5.74, 6) is 0. The van der Waals surface area contributed by atoms with E-state index in [2.05, 4.69) is 11.6 Å². The Morgan fingerprint density at radius 1 is 1.73 bits per heavy atom. The minimum Gasteiger partial charge on any atom is -0.321 e. The van der Waals surface area contributed by atoms with E-state index in [0.29, 0.717) is 0 Å². The van der Waals surface area contributed by atoms with Crippen molar-refractivity contribution in [2.45, 2.75) is 13.0 Å². The highest BCUT2D eigenvalue weighted by molar-refractivity contribution is 5.27. The second-order valence-electron chi connectivity index (χ2n) is 2.49. The Morgan fingerprint density at radius 3 is 3.00 bits per heavy atom. The van der Waals surface area contributed by atoms with E-state index in [4.69, 9.17) is 5.73 Å². The van der Waals surface area contributed by atoms with Crippen LogP contribution in [-0.4, -0.2) is 4.98 Å². The van der Waals surface area contributed by atoms with Gasteiger partial charge in [0.1, 0.15) is 0 Å². The summed E-state index contributed by atoms with van der Waals surface area (Å²) in [6.45, 7) is 5.64. The van der Waals surface area contributed by atoms with Gasteiger partial charge in [-0.25, -0.2) is 0 Å². The number of nitrogens with two attached hydrogens (primary N) is 1. The van der Waals surface area contributed by atoms with Crippen molar-refractivity contribution in [1.29, 1.82) is 0 Å². The van der Waals surface area contributed by atoms with Crippen LogP contribution in [0.1, 0.15) is 17.2 Å². The number of hydrogen-bond donors (Lipinski definition) is 1. The van der Waals surface area contributed by atoms with E-state index in [1.807, 2.05) is 13.0 Å². The SMILES string of the molecule is C=C[C@@H](N)c1cnccc1C. The zero-order valence-corrected chi connectivity index (χ0v) is 6.62. The van der Waals surface area contributed by atoms with Crippen molar-refractivity contribution < 1.29 is 0 Å². The van der Waals surface area contributed by atoms with Crippen molar-refractivity contribution in [3.8, 4) is 0 Å². The summed E-state index contributed by atoms with van der Waals surface area (Å²) in [6.07, 6.45) is 5.25. The van der Waals surface area contributed by atoms with Crippen LogP contribution in [0.15, 0.2) is 31.1 Å². The van der Waals surface area contributed by atoms with Gasteiger partial charge in [0.25, 0.3) is 0 Å². The van der Waals surface area contributed by atoms with Crippen LogP contribution in [0.4, 0.5) is 0 Å². The van der Waals surface area contributed by atoms with Crippen molar-refractivity contribution in [2.75, 3.05) is 0 Å². The third-order valence-electron chi connectivity index (χ3n) is 1.69. The Kier molecular flexibility index (Phi) is 2.39. The molecule has 11 heavy (non-hydrogen) atoms. The van der Waals surface area contributed by atoms with Gasteiger partial charge in [-0.3, -0.25) is 4.98 Å². The smallest absolute Gasteiger partial charge is 0.0496 e. The average molecular weight is 148 g/mol. The molecule has 1 aromatic heterocycles. The lowest BCUT2D eigenvalue weighted by atomic mass is 10.1. The molecule has 1 rings (SSSR count). The molecule has 0 aliphatic heterocycles. The molecule has 0 spiro atoms. The lowest BCUT2D eigenvalue weighted by molar-refractivity contribution is 0.891. The molecule has 0 bridgehead atoms. The van der Waals surface area contributed by atoms with Gasteiger partial charge < -0.3 is 5.73 Å². The van der Waals surface area contributed by atoms with Crippen molar-refractivity contribution in [2.24, 2.45) is 5.73 Å². The molecule has 0 unspecified atom stereocenters. The van der Waals surface area contributed by atoms with Gasteiger partial charge in [0, 0.05) is 18.4 Å². The lowest BCUT2D eigenvalue weighted by Crippen LogP contribution is -2.08. The van der Waals surface area contributed by atoms with Crippen LogP contribution in [-0.2, 0) is 0 Å². The van der Waals surface area contributed by atoms with Gasteiger partial charge in [0.15, 0.2) is 0 Å². The maximum absolute atomic E-state index is 5.74. The predicted octanol–water partition coefficient (Wildman–Crippen LogP) is 1.58. The topological polar surface area (TPSA) is 38.9 Å². The van der Waals surface area contributed by atoms with E-state index in [0.717, 1.165) is 11.1 Å². The van der Waals surface area contributed by atoms with Crippen LogP contribution in [0.3, 0.4) is 0 Å². The fraction of sp³-hybridized carbons (Fsp3) is 0.222. The van der Waals surface area contributed by atoms with E-state index >= 15 is 0 Å². The van der Waals surface area contributed by atoms with E-state index in [1.54, 1.807) is 18.5 Å². The highest BCUT2D eigenvalue weighted by atomic mass is 14.7. The zero-order valence-electron chi connectivity index (χ0n) is 6.62. The van der Waals surface area contributed by atoms with E-state index in [-0.39, 0.29) is 6.04 Å². The Bertz CT molecular complexity index is 255. The predicted molar refractivity (Wildman–Crippen MR) is 46.1 cm³/mol. The summed E-state index contributed by atoms with van der Waals surface area (Å²) < 4.78 is 0. The number of rotatable bonds is 2. The summed E-state index contributed by atoms with van der Waals surface area (Å²) in [4.78, 5) is 3.99. The number of pyridine rings is 1. The number of hydrogen-bond acceptors (Lipinski definition) is 2. The minimum absolute atomic E-state index is 0.0938. The van der Waals surface area contributed by atoms with E-state index < -0.39 is 0 Å². The van der Waals surface area contributed by atoms with Crippen molar-refractivity contribution in [1.82, 2.24) is 4.98 Å². The van der Waals surface area contributed by atoms with Gasteiger partial charge in [-0.15, -0.1) is 6.58 Å². The minimum atomic E-state index is -0.0938. The molecule has 0 amide bonds. The Balaban J connectivity index is 3.02. The first-order valence-electron chi connectivity index (χ1n) is 3.54. The van der Waals surface area contributed by atoms with Crippen LogP contribution < -0.4 is 5.73 Å². The molecule has 2 N–H and O–H groups in total. The molecule has 2 heteroatoms. The fourth-order valence-electron chi connectivity index (χ4n) is 0.952. The molecule has 0 saturated heterocycles. The fourth-order valence-corrected chi connectivity index (χ4v) is 0.952. The van der Waals surface area contributed by atoms with E-state index in [1.165, 1.54) is 0 Å². The highest BCUT2D eigenvalue weighted by Crippen LogP contribution is 2.13. The molecule has 58 valence electrons. The van der Waals surface area contributed by atoms with Gasteiger partial charge in [0.2, 0.25) is 0 Å². The number of aromatic nitrogens is 1. The average Bonchev–Trinajstić information content (AvgIpc) is 2.04. The molecule has 1 atom stereocenters. The van der Waals surface area contributed by atoms with Crippen LogP contribution in [0.2, 0.25) is 0 Å². The molecule has 0 radical (unpaired) electrons. The molecular weight excluding hydrogens is 136 g/mol. The molecular formula is C9H12N2.